The molecule has 0 spiro atoms. The van der Waals surface area contributed by atoms with E-state index in [1.54, 1.807) is 0 Å². The van der Waals surface area contributed by atoms with E-state index in [0.29, 0.717) is 6.61 Å². The molecule has 3 nitrogen and oxygen atoms in total. The lowest BCUT2D eigenvalue weighted by molar-refractivity contribution is 0.158. The van der Waals surface area contributed by atoms with Crippen molar-refractivity contribution in [2.24, 2.45) is 5.16 Å². The van der Waals surface area contributed by atoms with Crippen LogP contribution in [0.5, 0.6) is 0 Å². The third kappa shape index (κ3) is 2.08. The van der Waals surface area contributed by atoms with E-state index in [0.717, 1.165) is 22.4 Å². The largest absolute Gasteiger partial charge is 0.455 e. The van der Waals surface area contributed by atoms with Crippen molar-refractivity contribution in [2.45, 2.75) is 13.8 Å². The Balaban J connectivity index is 2.18. The molecular weight excluding hydrogens is 238 g/mol. The summed E-state index contributed by atoms with van der Waals surface area (Å²) in [4.78, 5) is 5.06. The second kappa shape index (κ2) is 4.76. The van der Waals surface area contributed by atoms with Crippen LogP contribution in [-0.4, -0.2) is 12.3 Å². The van der Waals surface area contributed by atoms with Gasteiger partial charge in [-0.15, -0.1) is 0 Å². The van der Waals surface area contributed by atoms with Crippen LogP contribution < -0.4 is 0 Å². The van der Waals surface area contributed by atoms with E-state index in [9.17, 15) is 0 Å². The average molecular weight is 253 g/mol. The minimum atomic E-state index is 0.556. The van der Waals surface area contributed by atoms with Crippen molar-refractivity contribution in [3.8, 4) is 0 Å². The van der Waals surface area contributed by atoms with Gasteiger partial charge in [-0.25, -0.2) is 0 Å². The zero-order chi connectivity index (χ0) is 13.2. The molecule has 2 aromatic carbocycles. The zero-order valence-electron chi connectivity index (χ0n) is 11.0. The SMILES string of the molecule is CCO/N=C(\C)c1cc2c(ccc3ccccc32)o1. The van der Waals surface area contributed by atoms with Crippen LogP contribution in [0.4, 0.5) is 0 Å². The van der Waals surface area contributed by atoms with Gasteiger partial charge in [0.2, 0.25) is 0 Å². The van der Waals surface area contributed by atoms with Crippen molar-refractivity contribution >= 4 is 27.5 Å². The zero-order valence-corrected chi connectivity index (χ0v) is 11.0. The maximum absolute atomic E-state index is 5.82. The summed E-state index contributed by atoms with van der Waals surface area (Å²) < 4.78 is 5.82. The fourth-order valence-corrected chi connectivity index (χ4v) is 2.18. The van der Waals surface area contributed by atoms with Gasteiger partial charge >= 0.3 is 0 Å². The highest BCUT2D eigenvalue weighted by atomic mass is 16.6. The molecule has 0 saturated heterocycles. The van der Waals surface area contributed by atoms with Gasteiger partial charge in [-0.2, -0.15) is 0 Å². The summed E-state index contributed by atoms with van der Waals surface area (Å²) in [6, 6.07) is 14.4. The summed E-state index contributed by atoms with van der Waals surface area (Å²) >= 11 is 0. The highest BCUT2D eigenvalue weighted by molar-refractivity contribution is 6.09. The Bertz CT molecular complexity index is 756. The third-order valence-electron chi connectivity index (χ3n) is 3.11. The van der Waals surface area contributed by atoms with Crippen molar-refractivity contribution in [3.05, 3.63) is 48.2 Å². The summed E-state index contributed by atoms with van der Waals surface area (Å²) in [5.74, 6) is 0.750. The monoisotopic (exact) mass is 253 g/mol. The molecule has 3 rings (SSSR count). The second-order valence-corrected chi connectivity index (χ2v) is 4.40. The van der Waals surface area contributed by atoms with Crippen LogP contribution in [0.15, 0.2) is 52.0 Å². The maximum Gasteiger partial charge on any atom is 0.152 e. The van der Waals surface area contributed by atoms with Gasteiger partial charge in [0, 0.05) is 5.39 Å². The Labute approximate surface area is 111 Å². The molecule has 0 N–H and O–H groups in total. The Hall–Kier alpha value is -2.29. The van der Waals surface area contributed by atoms with Gasteiger partial charge in [-0.3, -0.25) is 0 Å². The van der Waals surface area contributed by atoms with Crippen molar-refractivity contribution in [1.82, 2.24) is 0 Å². The molecule has 0 saturated carbocycles. The number of rotatable bonds is 3. The van der Waals surface area contributed by atoms with Gasteiger partial charge in [-0.05, 0) is 36.8 Å². The Morgan fingerprint density at radius 3 is 2.84 bits per heavy atom. The molecule has 0 radical (unpaired) electrons. The molecular formula is C16H15NO2. The molecule has 96 valence electrons. The minimum absolute atomic E-state index is 0.556. The highest BCUT2D eigenvalue weighted by Gasteiger charge is 2.09. The molecule has 0 unspecified atom stereocenters. The topological polar surface area (TPSA) is 34.7 Å². The number of furan rings is 1. The molecule has 0 bridgehead atoms. The highest BCUT2D eigenvalue weighted by Crippen LogP contribution is 2.28. The van der Waals surface area contributed by atoms with Crippen molar-refractivity contribution in [2.75, 3.05) is 6.61 Å². The lowest BCUT2D eigenvalue weighted by Gasteiger charge is -1.96. The molecule has 1 aromatic heterocycles. The van der Waals surface area contributed by atoms with E-state index in [4.69, 9.17) is 9.25 Å². The minimum Gasteiger partial charge on any atom is -0.455 e. The first-order chi connectivity index (χ1) is 9.29. The first-order valence-corrected chi connectivity index (χ1v) is 6.38. The number of oxime groups is 1. The Kier molecular flexibility index (Phi) is 2.95. The van der Waals surface area contributed by atoms with E-state index < -0.39 is 0 Å². The molecule has 0 aliphatic heterocycles. The van der Waals surface area contributed by atoms with Crippen LogP contribution in [0.3, 0.4) is 0 Å². The third-order valence-corrected chi connectivity index (χ3v) is 3.11. The van der Waals surface area contributed by atoms with E-state index in [1.165, 1.54) is 10.8 Å². The van der Waals surface area contributed by atoms with Gasteiger partial charge in [0.05, 0.1) is 0 Å². The first-order valence-electron chi connectivity index (χ1n) is 6.38. The molecule has 3 aromatic rings. The maximum atomic E-state index is 5.82. The van der Waals surface area contributed by atoms with Crippen LogP contribution in [0.2, 0.25) is 0 Å². The lowest BCUT2D eigenvalue weighted by Crippen LogP contribution is -1.93. The number of benzene rings is 2. The van der Waals surface area contributed by atoms with Gasteiger partial charge in [0.1, 0.15) is 17.9 Å². The average Bonchev–Trinajstić information content (AvgIpc) is 2.89. The molecule has 0 aliphatic rings. The van der Waals surface area contributed by atoms with Crippen LogP contribution in [0, 0.1) is 0 Å². The van der Waals surface area contributed by atoms with Gasteiger partial charge in [0.25, 0.3) is 0 Å². The molecule has 0 fully saturated rings. The number of nitrogens with zero attached hydrogens (tertiary/aromatic N) is 1. The summed E-state index contributed by atoms with van der Waals surface area (Å²) in [6.45, 7) is 4.35. The van der Waals surface area contributed by atoms with Crippen LogP contribution in [0.25, 0.3) is 21.7 Å². The number of hydrogen-bond acceptors (Lipinski definition) is 3. The van der Waals surface area contributed by atoms with E-state index >= 15 is 0 Å². The molecule has 0 atom stereocenters. The van der Waals surface area contributed by atoms with Crippen LogP contribution in [0.1, 0.15) is 19.6 Å². The number of hydrogen-bond donors (Lipinski definition) is 0. The van der Waals surface area contributed by atoms with E-state index in [2.05, 4.69) is 23.4 Å². The predicted octanol–water partition coefficient (Wildman–Crippen LogP) is 4.35. The van der Waals surface area contributed by atoms with Crippen molar-refractivity contribution in [3.63, 3.8) is 0 Å². The summed E-state index contributed by atoms with van der Waals surface area (Å²) in [6.07, 6.45) is 0. The standard InChI is InChI=1S/C16H15NO2/c1-3-18-17-11(2)16-10-14-13-7-5-4-6-12(13)8-9-15(14)19-16/h4-10H,3H2,1-2H3/b17-11+. The summed E-state index contributed by atoms with van der Waals surface area (Å²) in [5.41, 5.74) is 1.63. The Morgan fingerprint density at radius 1 is 1.16 bits per heavy atom. The van der Waals surface area contributed by atoms with Crippen molar-refractivity contribution in [1.29, 1.82) is 0 Å². The van der Waals surface area contributed by atoms with Crippen molar-refractivity contribution < 1.29 is 9.25 Å². The summed E-state index contributed by atoms with van der Waals surface area (Å²) in [5, 5.41) is 7.53. The first kappa shape index (κ1) is 11.8. The van der Waals surface area contributed by atoms with Gasteiger partial charge in [0.15, 0.2) is 5.76 Å². The molecule has 3 heteroatoms. The smallest absolute Gasteiger partial charge is 0.152 e. The fourth-order valence-electron chi connectivity index (χ4n) is 2.18. The molecule has 19 heavy (non-hydrogen) atoms. The lowest BCUT2D eigenvalue weighted by atomic mass is 10.1. The van der Waals surface area contributed by atoms with Gasteiger partial charge in [-0.1, -0.05) is 35.5 Å². The Morgan fingerprint density at radius 2 is 2.00 bits per heavy atom. The molecule has 0 aliphatic carbocycles. The van der Waals surface area contributed by atoms with Gasteiger partial charge < -0.3 is 9.25 Å². The fraction of sp³-hybridized carbons (Fsp3) is 0.188. The van der Waals surface area contributed by atoms with E-state index in [1.807, 2.05) is 38.1 Å². The second-order valence-electron chi connectivity index (χ2n) is 4.40. The summed E-state index contributed by atoms with van der Waals surface area (Å²) in [7, 11) is 0. The van der Waals surface area contributed by atoms with Crippen LogP contribution in [-0.2, 0) is 4.84 Å². The quantitative estimate of drug-likeness (QED) is 0.514. The molecule has 0 amide bonds. The molecule has 1 heterocycles. The normalized spacial score (nSPS) is 12.2. The van der Waals surface area contributed by atoms with E-state index in [-0.39, 0.29) is 0 Å². The number of fused-ring (bicyclic) bond motifs is 3. The predicted molar refractivity (Wildman–Crippen MR) is 77.6 cm³/mol. The van der Waals surface area contributed by atoms with Crippen LogP contribution >= 0.6 is 0 Å².